The Morgan fingerprint density at radius 2 is 1.91 bits per heavy atom. The Labute approximate surface area is 198 Å². The predicted octanol–water partition coefficient (Wildman–Crippen LogP) is 4.41. The van der Waals surface area contributed by atoms with E-state index in [2.05, 4.69) is 20.0 Å². The van der Waals surface area contributed by atoms with Gasteiger partial charge in [-0.15, -0.1) is 11.3 Å². The lowest BCUT2D eigenvalue weighted by atomic mass is 9.97. The van der Waals surface area contributed by atoms with Gasteiger partial charge in [-0.1, -0.05) is 30.3 Å². The summed E-state index contributed by atoms with van der Waals surface area (Å²) in [6, 6.07) is 10.1. The number of rotatable bonds is 8. The smallest absolute Gasteiger partial charge is 0.348 e. The minimum atomic E-state index is -0.306. The number of fused-ring (bicyclic) bond motifs is 1. The molecule has 5 rings (SSSR count). The summed E-state index contributed by atoms with van der Waals surface area (Å²) in [7, 11) is 1.43. The number of anilines is 1. The molecule has 0 unspecified atom stereocenters. The van der Waals surface area contributed by atoms with Crippen molar-refractivity contribution in [2.45, 2.75) is 25.7 Å². The highest BCUT2D eigenvalue weighted by atomic mass is 32.1. The molecule has 33 heavy (non-hydrogen) atoms. The minimum Gasteiger partial charge on any atom is -0.465 e. The number of nitrogens with zero attached hydrogens (tertiary/aromatic N) is 3. The molecule has 0 radical (unpaired) electrons. The molecule has 1 N–H and O–H groups in total. The van der Waals surface area contributed by atoms with Gasteiger partial charge in [0.25, 0.3) is 0 Å². The van der Waals surface area contributed by atoms with Crippen LogP contribution in [0, 0.1) is 5.92 Å². The minimum absolute atomic E-state index is 0.306. The summed E-state index contributed by atoms with van der Waals surface area (Å²) in [5.74, 6) is 1.22. The molecule has 176 valence electrons. The lowest BCUT2D eigenvalue weighted by Crippen LogP contribution is -2.35. The van der Waals surface area contributed by atoms with E-state index < -0.39 is 0 Å². The third-order valence-corrected chi connectivity index (χ3v) is 7.92. The number of esters is 1. The number of benzene rings is 1. The van der Waals surface area contributed by atoms with Crippen LogP contribution in [0.2, 0.25) is 0 Å². The molecule has 2 fully saturated rings. The number of likely N-dealkylation sites (tertiary alicyclic amines) is 1. The van der Waals surface area contributed by atoms with Crippen molar-refractivity contribution in [1.29, 1.82) is 0 Å². The van der Waals surface area contributed by atoms with Crippen molar-refractivity contribution >= 4 is 33.3 Å². The van der Waals surface area contributed by atoms with Crippen molar-refractivity contribution in [3.05, 3.63) is 35.2 Å². The highest BCUT2D eigenvalue weighted by Gasteiger charge is 2.28. The summed E-state index contributed by atoms with van der Waals surface area (Å²) in [4.78, 5) is 18.9. The van der Waals surface area contributed by atoms with Gasteiger partial charge in [0.15, 0.2) is 5.82 Å². The van der Waals surface area contributed by atoms with E-state index in [1.807, 2.05) is 30.3 Å². The van der Waals surface area contributed by atoms with Gasteiger partial charge in [-0.05, 0) is 50.3 Å². The summed E-state index contributed by atoms with van der Waals surface area (Å²) in [5, 5.41) is 8.84. The fourth-order valence-electron chi connectivity index (χ4n) is 4.99. The van der Waals surface area contributed by atoms with Gasteiger partial charge in [0.2, 0.25) is 0 Å². The van der Waals surface area contributed by atoms with E-state index in [1.165, 1.54) is 44.4 Å². The Kier molecular flexibility index (Phi) is 6.94. The maximum Gasteiger partial charge on any atom is 0.348 e. The molecule has 2 aliphatic rings. The predicted molar refractivity (Wildman–Crippen MR) is 132 cm³/mol. The topological polar surface area (TPSA) is 70.7 Å². The van der Waals surface area contributed by atoms with E-state index in [-0.39, 0.29) is 5.97 Å². The third-order valence-electron chi connectivity index (χ3n) is 6.85. The van der Waals surface area contributed by atoms with Crippen LogP contribution in [0.1, 0.15) is 35.4 Å². The van der Waals surface area contributed by atoms with Gasteiger partial charge in [0.1, 0.15) is 9.71 Å². The molecule has 0 amide bonds. The summed E-state index contributed by atoms with van der Waals surface area (Å²) < 4.78 is 11.1. The average Bonchev–Trinajstić information content (AvgIpc) is 3.59. The number of piperidine rings is 1. The zero-order valence-electron chi connectivity index (χ0n) is 19.2. The van der Waals surface area contributed by atoms with Crippen LogP contribution in [-0.2, 0) is 9.47 Å². The first-order chi connectivity index (χ1) is 16.2. The number of methoxy groups -OCH3 is 1. The summed E-state index contributed by atoms with van der Waals surface area (Å²) in [5.41, 5.74) is 1.92. The first kappa shape index (κ1) is 22.4. The van der Waals surface area contributed by atoms with E-state index in [4.69, 9.17) is 9.47 Å². The van der Waals surface area contributed by atoms with Gasteiger partial charge in [-0.2, -0.15) is 5.10 Å². The standard InChI is InChI=1S/C25H32N4O3S/c1-31-25(30)22-20(19-7-3-2-4-8-19)21-23(26-27-24(21)33-22)29-13-9-18(10-14-29)17-32-16-15-28-11-5-6-12-28/h2-4,7-8,18H,5-6,9-17H2,1H3,(H,26,27). The quantitative estimate of drug-likeness (QED) is 0.390. The van der Waals surface area contributed by atoms with E-state index >= 15 is 0 Å². The monoisotopic (exact) mass is 468 g/mol. The molecule has 2 aromatic heterocycles. The second-order valence-electron chi connectivity index (χ2n) is 8.97. The highest BCUT2D eigenvalue weighted by Crippen LogP contribution is 2.43. The number of hydrogen-bond donors (Lipinski definition) is 1. The number of nitrogens with one attached hydrogen (secondary N) is 1. The zero-order chi connectivity index (χ0) is 22.6. The molecule has 2 saturated heterocycles. The van der Waals surface area contributed by atoms with Crippen LogP contribution in [0.25, 0.3) is 21.3 Å². The zero-order valence-corrected chi connectivity index (χ0v) is 20.0. The lowest BCUT2D eigenvalue weighted by Gasteiger charge is -2.32. The summed E-state index contributed by atoms with van der Waals surface area (Å²) in [6.45, 7) is 7.09. The molecule has 1 aromatic carbocycles. The number of carbonyl (C=O) groups is 1. The molecule has 0 aliphatic carbocycles. The van der Waals surface area contributed by atoms with Crippen LogP contribution in [0.3, 0.4) is 0 Å². The Hall–Kier alpha value is -2.42. The fraction of sp³-hybridized carbons (Fsp3) is 0.520. The van der Waals surface area contributed by atoms with Crippen LogP contribution in [0.5, 0.6) is 0 Å². The van der Waals surface area contributed by atoms with Crippen LogP contribution in [0.15, 0.2) is 30.3 Å². The van der Waals surface area contributed by atoms with E-state index in [0.29, 0.717) is 10.8 Å². The molecule has 8 heteroatoms. The first-order valence-electron chi connectivity index (χ1n) is 11.9. The van der Waals surface area contributed by atoms with Gasteiger partial charge in [-0.25, -0.2) is 4.79 Å². The number of aromatic amines is 1. The van der Waals surface area contributed by atoms with Crippen LogP contribution < -0.4 is 4.90 Å². The molecule has 0 spiro atoms. The molecule has 0 saturated carbocycles. The van der Waals surface area contributed by atoms with Gasteiger partial charge in [0.05, 0.1) is 19.1 Å². The first-order valence-corrected chi connectivity index (χ1v) is 12.8. The number of aromatic nitrogens is 2. The number of thiophene rings is 1. The summed E-state index contributed by atoms with van der Waals surface area (Å²) >= 11 is 1.42. The highest BCUT2D eigenvalue weighted by molar-refractivity contribution is 7.21. The maximum atomic E-state index is 12.5. The SMILES string of the molecule is COC(=O)c1sc2[nH]nc(N3CCC(COCCN4CCCC4)CC3)c2c1-c1ccccc1. The number of H-pyrrole nitrogens is 1. The van der Waals surface area contributed by atoms with E-state index in [1.54, 1.807) is 0 Å². The maximum absolute atomic E-state index is 12.5. The Morgan fingerprint density at radius 1 is 1.15 bits per heavy atom. The fourth-order valence-corrected chi connectivity index (χ4v) is 6.07. The van der Waals surface area contributed by atoms with Crippen molar-refractivity contribution < 1.29 is 14.3 Å². The van der Waals surface area contributed by atoms with Crippen LogP contribution in [0.4, 0.5) is 5.82 Å². The van der Waals surface area contributed by atoms with Gasteiger partial charge in [0, 0.05) is 31.8 Å². The van der Waals surface area contributed by atoms with Crippen LogP contribution >= 0.6 is 11.3 Å². The largest absolute Gasteiger partial charge is 0.465 e. The van der Waals surface area contributed by atoms with E-state index in [0.717, 1.165) is 72.9 Å². The molecule has 0 bridgehead atoms. The molecule has 0 atom stereocenters. The molecule has 7 nitrogen and oxygen atoms in total. The van der Waals surface area contributed by atoms with Gasteiger partial charge >= 0.3 is 5.97 Å². The number of carbonyl (C=O) groups excluding carboxylic acids is 1. The molecule has 2 aliphatic heterocycles. The summed E-state index contributed by atoms with van der Waals surface area (Å²) in [6.07, 6.45) is 4.84. The van der Waals surface area contributed by atoms with Gasteiger partial charge < -0.3 is 19.3 Å². The lowest BCUT2D eigenvalue weighted by molar-refractivity contribution is 0.0607. The average molecular weight is 469 g/mol. The van der Waals surface area contributed by atoms with Crippen molar-refractivity contribution in [2.75, 3.05) is 57.9 Å². The van der Waals surface area contributed by atoms with E-state index in [9.17, 15) is 4.79 Å². The van der Waals surface area contributed by atoms with Crippen LogP contribution in [-0.4, -0.2) is 74.1 Å². The molecular formula is C25H32N4O3S. The normalized spacial score (nSPS) is 17.8. The second-order valence-corrected chi connectivity index (χ2v) is 9.99. The van der Waals surface area contributed by atoms with Crippen molar-refractivity contribution in [1.82, 2.24) is 15.1 Å². The molecule has 4 heterocycles. The molecular weight excluding hydrogens is 436 g/mol. The second kappa shape index (κ2) is 10.2. The Morgan fingerprint density at radius 3 is 2.64 bits per heavy atom. The van der Waals surface area contributed by atoms with Crippen molar-refractivity contribution in [3.63, 3.8) is 0 Å². The van der Waals surface area contributed by atoms with Crippen molar-refractivity contribution in [3.8, 4) is 11.1 Å². The number of hydrogen-bond acceptors (Lipinski definition) is 7. The Balaban J connectivity index is 1.27. The number of ether oxygens (including phenoxy) is 2. The molecule has 3 aromatic rings. The van der Waals surface area contributed by atoms with Crippen molar-refractivity contribution in [2.24, 2.45) is 5.92 Å². The van der Waals surface area contributed by atoms with Gasteiger partial charge in [-0.3, -0.25) is 5.10 Å². The Bertz CT molecular complexity index is 1070. The third kappa shape index (κ3) is 4.78.